The molecule has 1 aliphatic rings. The van der Waals surface area contributed by atoms with Gasteiger partial charge in [0.05, 0.1) is 25.4 Å². The maximum absolute atomic E-state index is 13.0. The van der Waals surface area contributed by atoms with Gasteiger partial charge in [-0.15, -0.1) is 0 Å². The van der Waals surface area contributed by atoms with E-state index in [1.807, 2.05) is 6.08 Å². The van der Waals surface area contributed by atoms with Crippen LogP contribution in [0, 0.1) is 0 Å². The van der Waals surface area contributed by atoms with Gasteiger partial charge < -0.3 is 50.5 Å². The molecule has 0 aromatic heterocycles. The van der Waals surface area contributed by atoms with E-state index in [0.29, 0.717) is 12.8 Å². The van der Waals surface area contributed by atoms with Gasteiger partial charge in [0, 0.05) is 6.42 Å². The van der Waals surface area contributed by atoms with Gasteiger partial charge in [-0.3, -0.25) is 4.79 Å². The number of aliphatic hydroxyl groups is 7. The van der Waals surface area contributed by atoms with Crippen molar-refractivity contribution in [1.82, 2.24) is 5.32 Å². The van der Waals surface area contributed by atoms with E-state index in [0.717, 1.165) is 25.7 Å². The molecule has 11 nitrogen and oxygen atoms in total. The Morgan fingerprint density at radius 3 is 1.72 bits per heavy atom. The quantitative estimate of drug-likeness (QED) is 0.0283. The van der Waals surface area contributed by atoms with Crippen LogP contribution in [0.1, 0.15) is 162 Å². The summed E-state index contributed by atoms with van der Waals surface area (Å²) in [7, 11) is 0. The zero-order valence-electron chi connectivity index (χ0n) is 33.7. The van der Waals surface area contributed by atoms with Gasteiger partial charge in [-0.1, -0.05) is 140 Å². The fourth-order valence-electron chi connectivity index (χ4n) is 6.54. The van der Waals surface area contributed by atoms with Crippen LogP contribution in [0.2, 0.25) is 0 Å². The first-order valence-electron chi connectivity index (χ1n) is 21.4. The molecule has 54 heavy (non-hydrogen) atoms. The summed E-state index contributed by atoms with van der Waals surface area (Å²) in [4.78, 5) is 13.0. The average molecular weight is 770 g/mol. The summed E-state index contributed by atoms with van der Waals surface area (Å²) in [5.41, 5.74) is 0. The molecule has 1 amide bonds. The number of unbranched alkanes of at least 4 members (excludes halogenated alkanes) is 17. The number of allylic oxidation sites excluding steroid dienone is 5. The second-order valence-electron chi connectivity index (χ2n) is 15.1. The first-order valence-corrected chi connectivity index (χ1v) is 21.4. The van der Waals surface area contributed by atoms with Crippen molar-refractivity contribution in [3.8, 4) is 0 Å². The molecule has 9 unspecified atom stereocenters. The van der Waals surface area contributed by atoms with E-state index in [9.17, 15) is 40.5 Å². The summed E-state index contributed by atoms with van der Waals surface area (Å²) in [6.45, 7) is 3.35. The highest BCUT2D eigenvalue weighted by Gasteiger charge is 2.44. The minimum absolute atomic E-state index is 0.0432. The Morgan fingerprint density at radius 2 is 1.17 bits per heavy atom. The largest absolute Gasteiger partial charge is 0.394 e. The third kappa shape index (κ3) is 23.4. The lowest BCUT2D eigenvalue weighted by atomic mass is 9.99. The van der Waals surface area contributed by atoms with Crippen LogP contribution in [-0.4, -0.2) is 110 Å². The number of amides is 1. The Bertz CT molecular complexity index is 976. The van der Waals surface area contributed by atoms with Gasteiger partial charge in [-0.25, -0.2) is 0 Å². The summed E-state index contributed by atoms with van der Waals surface area (Å²) in [6, 6.07) is -1.21. The van der Waals surface area contributed by atoms with Crippen LogP contribution in [0.15, 0.2) is 36.5 Å². The van der Waals surface area contributed by atoms with Crippen molar-refractivity contribution in [2.24, 2.45) is 0 Å². The summed E-state index contributed by atoms with van der Waals surface area (Å²) in [6.07, 6.45) is 25.1. The van der Waals surface area contributed by atoms with Crippen molar-refractivity contribution >= 4 is 5.91 Å². The van der Waals surface area contributed by atoms with Crippen molar-refractivity contribution in [2.45, 2.75) is 217 Å². The van der Waals surface area contributed by atoms with Crippen molar-refractivity contribution in [3.05, 3.63) is 36.5 Å². The van der Waals surface area contributed by atoms with Gasteiger partial charge in [0.25, 0.3) is 0 Å². The Labute approximate surface area is 326 Å². The number of carbonyl (C=O) groups excluding carboxylic acids is 1. The lowest BCUT2D eigenvalue weighted by Gasteiger charge is -2.40. The molecule has 0 aromatic carbocycles. The number of rotatable bonds is 34. The van der Waals surface area contributed by atoms with Gasteiger partial charge >= 0.3 is 0 Å². The van der Waals surface area contributed by atoms with Gasteiger partial charge in [0.1, 0.15) is 36.6 Å². The van der Waals surface area contributed by atoms with Gasteiger partial charge in [-0.2, -0.15) is 0 Å². The van der Waals surface area contributed by atoms with E-state index in [4.69, 9.17) is 9.47 Å². The summed E-state index contributed by atoms with van der Waals surface area (Å²) >= 11 is 0. The van der Waals surface area contributed by atoms with Crippen molar-refractivity contribution < 1.29 is 50.0 Å². The van der Waals surface area contributed by atoms with Gasteiger partial charge in [-0.05, 0) is 51.4 Å². The van der Waals surface area contributed by atoms with Gasteiger partial charge in [0.2, 0.25) is 5.91 Å². The van der Waals surface area contributed by atoms with E-state index < -0.39 is 74.2 Å². The molecule has 11 heteroatoms. The molecule has 316 valence electrons. The monoisotopic (exact) mass is 770 g/mol. The van der Waals surface area contributed by atoms with Crippen molar-refractivity contribution in [3.63, 3.8) is 0 Å². The highest BCUT2D eigenvalue weighted by Crippen LogP contribution is 2.23. The third-order valence-electron chi connectivity index (χ3n) is 10.2. The molecule has 0 saturated carbocycles. The number of nitrogens with one attached hydrogen (secondary N) is 1. The number of ether oxygens (including phenoxy) is 2. The topological polar surface area (TPSA) is 189 Å². The van der Waals surface area contributed by atoms with Crippen LogP contribution in [0.5, 0.6) is 0 Å². The van der Waals surface area contributed by atoms with Crippen molar-refractivity contribution in [1.29, 1.82) is 0 Å². The fraction of sp³-hybridized carbons (Fsp3) is 0.837. The minimum atomic E-state index is -1.68. The lowest BCUT2D eigenvalue weighted by Crippen LogP contribution is -2.60. The summed E-state index contributed by atoms with van der Waals surface area (Å²) in [5, 5.41) is 75.2. The molecule has 1 heterocycles. The van der Waals surface area contributed by atoms with Crippen LogP contribution < -0.4 is 5.32 Å². The number of hydrogen-bond acceptors (Lipinski definition) is 10. The third-order valence-corrected chi connectivity index (χ3v) is 10.2. The van der Waals surface area contributed by atoms with E-state index in [1.165, 1.54) is 96.3 Å². The average Bonchev–Trinajstić information content (AvgIpc) is 3.17. The molecule has 0 aromatic rings. The summed E-state index contributed by atoms with van der Waals surface area (Å²) < 4.78 is 11.0. The Morgan fingerprint density at radius 1 is 0.667 bits per heavy atom. The lowest BCUT2D eigenvalue weighted by molar-refractivity contribution is -0.303. The maximum atomic E-state index is 13.0. The molecule has 0 bridgehead atoms. The predicted octanol–water partition coefficient (Wildman–Crippen LogP) is 6.05. The predicted molar refractivity (Wildman–Crippen MR) is 215 cm³/mol. The molecular formula is C43H79NO10. The van der Waals surface area contributed by atoms with Crippen LogP contribution in [-0.2, 0) is 14.3 Å². The normalized spacial score (nSPS) is 23.0. The molecule has 0 spiro atoms. The molecule has 1 aliphatic heterocycles. The molecule has 1 rings (SSSR count). The van der Waals surface area contributed by atoms with E-state index in [-0.39, 0.29) is 12.8 Å². The summed E-state index contributed by atoms with van der Waals surface area (Å²) in [5.74, 6) is -0.776. The highest BCUT2D eigenvalue weighted by atomic mass is 16.7. The molecule has 8 N–H and O–H groups in total. The van der Waals surface area contributed by atoms with E-state index in [2.05, 4.69) is 43.5 Å². The zero-order valence-corrected chi connectivity index (χ0v) is 33.7. The van der Waals surface area contributed by atoms with Crippen LogP contribution in [0.4, 0.5) is 0 Å². The fourth-order valence-corrected chi connectivity index (χ4v) is 6.54. The SMILES string of the molecule is CCCCCCCC/C=C\C/C=C\CC(O)C(=O)NC(COC1OC(CO)C(O)C(O)C1O)C(O)C(O)CCC/C=C/CCCCCCCCCCCC. The van der Waals surface area contributed by atoms with E-state index in [1.54, 1.807) is 6.08 Å². The molecule has 0 radical (unpaired) electrons. The second kappa shape index (κ2) is 33.5. The molecule has 1 fully saturated rings. The maximum Gasteiger partial charge on any atom is 0.249 e. The van der Waals surface area contributed by atoms with Crippen molar-refractivity contribution in [2.75, 3.05) is 13.2 Å². The first kappa shape index (κ1) is 50.3. The van der Waals surface area contributed by atoms with E-state index >= 15 is 0 Å². The van der Waals surface area contributed by atoms with Crippen LogP contribution in [0.3, 0.4) is 0 Å². The Hall–Kier alpha value is -1.67. The number of carbonyl (C=O) groups is 1. The zero-order chi connectivity index (χ0) is 39.8. The smallest absolute Gasteiger partial charge is 0.249 e. The molecule has 0 aliphatic carbocycles. The highest BCUT2D eigenvalue weighted by molar-refractivity contribution is 5.81. The van der Waals surface area contributed by atoms with Crippen LogP contribution >= 0.6 is 0 Å². The molecule has 1 saturated heterocycles. The number of hydrogen-bond donors (Lipinski definition) is 8. The second-order valence-corrected chi connectivity index (χ2v) is 15.1. The van der Waals surface area contributed by atoms with Crippen LogP contribution in [0.25, 0.3) is 0 Å². The first-order chi connectivity index (χ1) is 26.2. The number of aliphatic hydroxyl groups excluding tert-OH is 7. The Balaban J connectivity index is 2.58. The Kier molecular flexibility index (Phi) is 31.2. The molecular weight excluding hydrogens is 690 g/mol. The standard InChI is InChI=1S/C43H79NO10/c1-3-5-7-9-11-13-15-17-18-19-21-22-24-26-28-30-35(46)38(48)34(33-53-43-41(51)40(50)39(49)37(32-45)54-43)44-42(52)36(47)31-29-27-25-23-20-16-14-12-10-8-6-4-2/h20,22-24,27,29,34-41,43,45-51H,3-19,21,25-26,28,30-33H2,1-2H3,(H,44,52)/b23-20-,24-22+,29-27-. The minimum Gasteiger partial charge on any atom is -0.394 e. The molecule has 9 atom stereocenters. The van der Waals surface area contributed by atoms with Gasteiger partial charge in [0.15, 0.2) is 6.29 Å².